The van der Waals surface area contributed by atoms with E-state index in [9.17, 15) is 13.2 Å². The predicted molar refractivity (Wildman–Crippen MR) is 64.7 cm³/mol. The van der Waals surface area contributed by atoms with Gasteiger partial charge in [0.2, 0.25) is 0 Å². The van der Waals surface area contributed by atoms with Gasteiger partial charge in [0, 0.05) is 6.26 Å². The van der Waals surface area contributed by atoms with E-state index < -0.39 is 15.8 Å². The van der Waals surface area contributed by atoms with Gasteiger partial charge in [-0.3, -0.25) is 0 Å². The Labute approximate surface area is 102 Å². The van der Waals surface area contributed by atoms with Crippen LogP contribution in [0.15, 0.2) is 29.2 Å². The molecular weight excluding hydrogens is 240 g/mol. The molecule has 0 aromatic heterocycles. The normalized spacial score (nSPS) is 11.2. The minimum atomic E-state index is -3.29. The quantitative estimate of drug-likeness (QED) is 0.597. The molecular formula is C12H16O4S. The molecule has 0 heterocycles. The molecule has 0 N–H and O–H groups in total. The Morgan fingerprint density at radius 1 is 1.35 bits per heavy atom. The topological polar surface area (TPSA) is 60.4 Å². The third-order valence-electron chi connectivity index (χ3n) is 2.23. The van der Waals surface area contributed by atoms with Crippen LogP contribution < -0.4 is 0 Å². The molecule has 0 aliphatic carbocycles. The summed E-state index contributed by atoms with van der Waals surface area (Å²) in [5, 5.41) is 0. The summed E-state index contributed by atoms with van der Waals surface area (Å²) >= 11 is 0. The number of ether oxygens (including phenoxy) is 1. The summed E-state index contributed by atoms with van der Waals surface area (Å²) in [7, 11) is -3.29. The Balaban J connectivity index is 2.82. The van der Waals surface area contributed by atoms with Gasteiger partial charge in [-0.2, -0.15) is 0 Å². The Hall–Kier alpha value is -1.36. The predicted octanol–water partition coefficient (Wildman–Crippen LogP) is 2.05. The minimum absolute atomic E-state index is 0.127. The van der Waals surface area contributed by atoms with E-state index in [1.54, 1.807) is 6.07 Å². The van der Waals surface area contributed by atoms with E-state index in [1.807, 2.05) is 6.92 Å². The summed E-state index contributed by atoms with van der Waals surface area (Å²) < 4.78 is 27.6. The summed E-state index contributed by atoms with van der Waals surface area (Å²) in [6.45, 7) is 2.36. The number of carbonyl (C=O) groups is 1. The number of hydrogen-bond acceptors (Lipinski definition) is 4. The van der Waals surface area contributed by atoms with Crippen LogP contribution in [0.4, 0.5) is 0 Å². The van der Waals surface area contributed by atoms with E-state index in [2.05, 4.69) is 0 Å². The molecule has 0 saturated carbocycles. The van der Waals surface area contributed by atoms with Crippen molar-refractivity contribution >= 4 is 15.8 Å². The third-order valence-corrected chi connectivity index (χ3v) is 3.34. The Morgan fingerprint density at radius 2 is 2.06 bits per heavy atom. The molecule has 1 aromatic rings. The molecule has 0 atom stereocenters. The van der Waals surface area contributed by atoms with E-state index >= 15 is 0 Å². The molecule has 17 heavy (non-hydrogen) atoms. The molecule has 1 rings (SSSR count). The van der Waals surface area contributed by atoms with Crippen molar-refractivity contribution in [1.29, 1.82) is 0 Å². The van der Waals surface area contributed by atoms with Gasteiger partial charge in [0.1, 0.15) is 0 Å². The monoisotopic (exact) mass is 256 g/mol. The van der Waals surface area contributed by atoms with Gasteiger partial charge in [-0.15, -0.1) is 0 Å². The average molecular weight is 256 g/mol. The Morgan fingerprint density at radius 3 is 2.65 bits per heavy atom. The number of sulfone groups is 1. The molecule has 0 spiro atoms. The van der Waals surface area contributed by atoms with Crippen molar-refractivity contribution in [3.8, 4) is 0 Å². The molecule has 1 aromatic carbocycles. The van der Waals surface area contributed by atoms with Gasteiger partial charge in [-0.1, -0.05) is 19.4 Å². The molecule has 0 amide bonds. The first kappa shape index (κ1) is 13.7. The summed E-state index contributed by atoms with van der Waals surface area (Å²) in [6, 6.07) is 5.87. The van der Waals surface area contributed by atoms with Crippen molar-refractivity contribution in [1.82, 2.24) is 0 Å². The summed E-state index contributed by atoms with van der Waals surface area (Å²) in [4.78, 5) is 11.7. The van der Waals surface area contributed by atoms with E-state index in [0.717, 1.165) is 19.1 Å². The van der Waals surface area contributed by atoms with E-state index in [1.165, 1.54) is 18.2 Å². The fraction of sp³-hybridized carbons (Fsp3) is 0.417. The zero-order valence-corrected chi connectivity index (χ0v) is 10.8. The number of benzene rings is 1. The first-order valence-corrected chi connectivity index (χ1v) is 7.31. The first-order valence-electron chi connectivity index (χ1n) is 5.42. The smallest absolute Gasteiger partial charge is 0.338 e. The SMILES string of the molecule is CCCCOC(=O)c1cccc(S(C)(=O)=O)c1. The van der Waals surface area contributed by atoms with Crippen molar-refractivity contribution < 1.29 is 17.9 Å². The zero-order valence-electron chi connectivity index (χ0n) is 9.97. The molecule has 0 unspecified atom stereocenters. The highest BCUT2D eigenvalue weighted by Crippen LogP contribution is 2.12. The van der Waals surface area contributed by atoms with Crippen LogP contribution in [0, 0.1) is 0 Å². The molecule has 94 valence electrons. The van der Waals surface area contributed by atoms with Crippen molar-refractivity contribution in [3.63, 3.8) is 0 Å². The second-order valence-electron chi connectivity index (χ2n) is 3.79. The highest BCUT2D eigenvalue weighted by Gasteiger charge is 2.12. The maximum absolute atomic E-state index is 11.6. The summed E-state index contributed by atoms with van der Waals surface area (Å²) in [6.07, 6.45) is 2.85. The van der Waals surface area contributed by atoms with Crippen LogP contribution >= 0.6 is 0 Å². The van der Waals surface area contributed by atoms with Crippen molar-refractivity contribution in [2.24, 2.45) is 0 Å². The molecule has 5 heteroatoms. The van der Waals surface area contributed by atoms with E-state index in [4.69, 9.17) is 4.74 Å². The molecule has 0 radical (unpaired) electrons. The second kappa shape index (κ2) is 5.82. The van der Waals surface area contributed by atoms with Crippen LogP contribution in [0.25, 0.3) is 0 Å². The van der Waals surface area contributed by atoms with Crippen LogP contribution in [0.5, 0.6) is 0 Å². The second-order valence-corrected chi connectivity index (χ2v) is 5.81. The van der Waals surface area contributed by atoms with Crippen molar-refractivity contribution in [3.05, 3.63) is 29.8 Å². The number of unbranched alkanes of at least 4 members (excludes halogenated alkanes) is 1. The first-order chi connectivity index (χ1) is 7.95. The molecule has 0 fully saturated rings. The fourth-order valence-electron chi connectivity index (χ4n) is 1.25. The third kappa shape index (κ3) is 4.19. The van der Waals surface area contributed by atoms with Crippen molar-refractivity contribution in [2.45, 2.75) is 24.7 Å². The standard InChI is InChI=1S/C12H16O4S/c1-3-4-8-16-12(13)10-6-5-7-11(9-10)17(2,14)15/h5-7,9H,3-4,8H2,1-2H3. The van der Waals surface area contributed by atoms with Gasteiger partial charge in [0.25, 0.3) is 0 Å². The van der Waals surface area contributed by atoms with Gasteiger partial charge < -0.3 is 4.74 Å². The molecule has 0 aliphatic heterocycles. The Bertz CT molecular complexity index is 491. The molecule has 0 bridgehead atoms. The van der Waals surface area contributed by atoms with Crippen LogP contribution in [0.3, 0.4) is 0 Å². The van der Waals surface area contributed by atoms with Crippen LogP contribution in [0.2, 0.25) is 0 Å². The molecule has 0 saturated heterocycles. The summed E-state index contributed by atoms with van der Waals surface area (Å²) in [5.74, 6) is -0.482. The van der Waals surface area contributed by atoms with E-state index in [0.29, 0.717) is 6.61 Å². The zero-order chi connectivity index (χ0) is 12.9. The number of esters is 1. The van der Waals surface area contributed by atoms with Crippen LogP contribution in [-0.2, 0) is 14.6 Å². The largest absolute Gasteiger partial charge is 0.462 e. The molecule has 4 nitrogen and oxygen atoms in total. The molecule has 0 aliphatic rings. The lowest BCUT2D eigenvalue weighted by Crippen LogP contribution is -2.07. The number of hydrogen-bond donors (Lipinski definition) is 0. The van der Waals surface area contributed by atoms with Gasteiger partial charge in [-0.25, -0.2) is 13.2 Å². The summed E-state index contributed by atoms with van der Waals surface area (Å²) in [5.41, 5.74) is 0.268. The Kier molecular flexibility index (Phi) is 4.69. The highest BCUT2D eigenvalue weighted by atomic mass is 32.2. The maximum atomic E-state index is 11.6. The number of carbonyl (C=O) groups excluding carboxylic acids is 1. The van der Waals surface area contributed by atoms with Crippen LogP contribution in [-0.4, -0.2) is 27.2 Å². The highest BCUT2D eigenvalue weighted by molar-refractivity contribution is 7.90. The van der Waals surface area contributed by atoms with Gasteiger partial charge in [0.15, 0.2) is 9.84 Å². The van der Waals surface area contributed by atoms with Crippen molar-refractivity contribution in [2.75, 3.05) is 12.9 Å². The lowest BCUT2D eigenvalue weighted by molar-refractivity contribution is 0.0499. The van der Waals surface area contributed by atoms with Gasteiger partial charge >= 0.3 is 5.97 Å². The van der Waals surface area contributed by atoms with Crippen LogP contribution in [0.1, 0.15) is 30.1 Å². The van der Waals surface area contributed by atoms with Gasteiger partial charge in [-0.05, 0) is 24.6 Å². The fourth-order valence-corrected chi connectivity index (χ4v) is 1.91. The lowest BCUT2D eigenvalue weighted by Gasteiger charge is -2.05. The average Bonchev–Trinajstić information content (AvgIpc) is 2.28. The maximum Gasteiger partial charge on any atom is 0.338 e. The lowest BCUT2D eigenvalue weighted by atomic mass is 10.2. The van der Waals surface area contributed by atoms with Gasteiger partial charge in [0.05, 0.1) is 17.1 Å². The van der Waals surface area contributed by atoms with E-state index in [-0.39, 0.29) is 10.5 Å². The minimum Gasteiger partial charge on any atom is -0.462 e. The number of rotatable bonds is 5.